The molecule has 1 atom stereocenters. The van der Waals surface area contributed by atoms with Crippen molar-refractivity contribution >= 4 is 32.7 Å². The number of aromatic nitrogens is 3. The standard InChI is InChI=1S/C24H28FN5O3S/c1-16-20-21(30(27-16)19-6-2-5-18(25)14-19)26-23(34-20)29-9-3-4-17(15-29)22(31)28-10-7-24(8-11-28)32-12-13-33-24/h2,5-6,14,17H,3-4,7-13,15H2,1H3/t17-/m1/s1. The molecule has 3 saturated heterocycles. The van der Waals surface area contributed by atoms with Gasteiger partial charge < -0.3 is 19.3 Å². The van der Waals surface area contributed by atoms with E-state index in [0.29, 0.717) is 38.5 Å². The number of anilines is 1. The van der Waals surface area contributed by atoms with Gasteiger partial charge in [0.2, 0.25) is 5.91 Å². The van der Waals surface area contributed by atoms with E-state index in [2.05, 4.69) is 10.00 Å². The Bertz CT molecular complexity index is 1210. The number of benzene rings is 1. The molecule has 3 aromatic rings. The van der Waals surface area contributed by atoms with Gasteiger partial charge >= 0.3 is 0 Å². The van der Waals surface area contributed by atoms with E-state index in [9.17, 15) is 9.18 Å². The van der Waals surface area contributed by atoms with Crippen LogP contribution in [0.3, 0.4) is 0 Å². The summed E-state index contributed by atoms with van der Waals surface area (Å²) in [5, 5.41) is 5.47. The van der Waals surface area contributed by atoms with Gasteiger partial charge in [0.1, 0.15) is 5.82 Å². The fourth-order valence-electron chi connectivity index (χ4n) is 5.31. The maximum absolute atomic E-state index is 13.8. The molecule has 1 amide bonds. The summed E-state index contributed by atoms with van der Waals surface area (Å²) in [5.74, 6) is -0.591. The maximum Gasteiger partial charge on any atom is 0.227 e. The van der Waals surface area contributed by atoms with Gasteiger partial charge in [-0.1, -0.05) is 17.4 Å². The van der Waals surface area contributed by atoms with Crippen LogP contribution in [0.2, 0.25) is 0 Å². The molecule has 0 aliphatic carbocycles. The van der Waals surface area contributed by atoms with Gasteiger partial charge in [0, 0.05) is 39.0 Å². The quantitative estimate of drug-likeness (QED) is 0.565. The SMILES string of the molecule is Cc1nn(-c2cccc(F)c2)c2nc(N3CCC[C@@H](C(=O)N4CCC5(CC4)OCCO5)C3)sc12. The van der Waals surface area contributed by atoms with Crippen molar-refractivity contribution in [3.05, 3.63) is 35.8 Å². The van der Waals surface area contributed by atoms with E-state index in [1.807, 2.05) is 17.9 Å². The molecule has 0 radical (unpaired) electrons. The normalized spacial score (nSPS) is 22.7. The van der Waals surface area contributed by atoms with Crippen LogP contribution in [-0.2, 0) is 14.3 Å². The molecule has 0 unspecified atom stereocenters. The van der Waals surface area contributed by atoms with Gasteiger partial charge in [-0.3, -0.25) is 4.79 Å². The number of halogens is 1. The van der Waals surface area contributed by atoms with Gasteiger partial charge in [0.25, 0.3) is 0 Å². The van der Waals surface area contributed by atoms with Crippen LogP contribution in [0.25, 0.3) is 16.0 Å². The van der Waals surface area contributed by atoms with Crippen LogP contribution < -0.4 is 4.90 Å². The Balaban J connectivity index is 1.19. The van der Waals surface area contributed by atoms with Crippen molar-refractivity contribution in [2.75, 3.05) is 44.3 Å². The van der Waals surface area contributed by atoms with E-state index in [-0.39, 0.29) is 17.6 Å². The minimum atomic E-state index is -0.468. The topological polar surface area (TPSA) is 72.7 Å². The Labute approximate surface area is 201 Å². The summed E-state index contributed by atoms with van der Waals surface area (Å²) in [7, 11) is 0. The molecule has 3 fully saturated rings. The van der Waals surface area contributed by atoms with Gasteiger partial charge in [-0.05, 0) is 38.0 Å². The molecule has 10 heteroatoms. The van der Waals surface area contributed by atoms with Crippen molar-refractivity contribution in [3.63, 3.8) is 0 Å². The zero-order valence-electron chi connectivity index (χ0n) is 19.2. The second-order valence-corrected chi connectivity index (χ2v) is 10.3. The van der Waals surface area contributed by atoms with E-state index in [0.717, 1.165) is 53.4 Å². The number of likely N-dealkylation sites (tertiary alicyclic amines) is 1. The third-order valence-corrected chi connectivity index (χ3v) is 8.34. The summed E-state index contributed by atoms with van der Waals surface area (Å²) < 4.78 is 28.1. The number of ether oxygens (including phenoxy) is 2. The lowest BCUT2D eigenvalue weighted by Crippen LogP contribution is -2.51. The van der Waals surface area contributed by atoms with Crippen LogP contribution in [0.15, 0.2) is 24.3 Å². The van der Waals surface area contributed by atoms with Crippen LogP contribution >= 0.6 is 11.3 Å². The number of hydrogen-bond acceptors (Lipinski definition) is 7. The Morgan fingerprint density at radius 3 is 2.76 bits per heavy atom. The molecule has 0 bridgehead atoms. The average Bonchev–Trinajstić information content (AvgIpc) is 3.57. The first-order chi connectivity index (χ1) is 16.5. The van der Waals surface area contributed by atoms with Crippen LogP contribution in [0.1, 0.15) is 31.4 Å². The third kappa shape index (κ3) is 3.87. The number of fused-ring (bicyclic) bond motifs is 1. The van der Waals surface area contributed by atoms with Crippen molar-refractivity contribution in [2.45, 2.75) is 38.4 Å². The van der Waals surface area contributed by atoms with Crippen molar-refractivity contribution < 1.29 is 18.7 Å². The molecule has 180 valence electrons. The molecule has 5 heterocycles. The highest BCUT2D eigenvalue weighted by atomic mass is 32.1. The molecule has 34 heavy (non-hydrogen) atoms. The lowest BCUT2D eigenvalue weighted by molar-refractivity contribution is -0.188. The summed E-state index contributed by atoms with van der Waals surface area (Å²) in [5.41, 5.74) is 2.25. The highest BCUT2D eigenvalue weighted by Crippen LogP contribution is 2.36. The number of aryl methyl sites for hydroxylation is 1. The van der Waals surface area contributed by atoms with E-state index in [1.165, 1.54) is 12.1 Å². The van der Waals surface area contributed by atoms with Gasteiger partial charge in [0.05, 0.1) is 35.2 Å². The second-order valence-electron chi connectivity index (χ2n) is 9.34. The van der Waals surface area contributed by atoms with E-state index in [4.69, 9.17) is 14.5 Å². The molecule has 1 aromatic carbocycles. The highest BCUT2D eigenvalue weighted by molar-refractivity contribution is 7.22. The van der Waals surface area contributed by atoms with Crippen LogP contribution in [0.4, 0.5) is 9.52 Å². The number of hydrogen-bond donors (Lipinski definition) is 0. The summed E-state index contributed by atoms with van der Waals surface area (Å²) in [6.45, 7) is 6.13. The van der Waals surface area contributed by atoms with Crippen LogP contribution in [-0.4, -0.2) is 70.8 Å². The molecule has 0 N–H and O–H groups in total. The van der Waals surface area contributed by atoms with Crippen molar-refractivity contribution in [1.82, 2.24) is 19.7 Å². The molecule has 3 aliphatic rings. The number of amides is 1. The largest absolute Gasteiger partial charge is 0.347 e. The summed E-state index contributed by atoms with van der Waals surface area (Å²) >= 11 is 1.59. The van der Waals surface area contributed by atoms with Crippen molar-refractivity contribution in [3.8, 4) is 5.69 Å². The van der Waals surface area contributed by atoms with Gasteiger partial charge in [0.15, 0.2) is 16.6 Å². The predicted octanol–water partition coefficient (Wildman–Crippen LogP) is 3.51. The predicted molar refractivity (Wildman–Crippen MR) is 127 cm³/mol. The average molecular weight is 486 g/mol. The fraction of sp³-hybridized carbons (Fsp3) is 0.542. The molecule has 1 spiro atoms. The first-order valence-corrected chi connectivity index (χ1v) is 12.8. The van der Waals surface area contributed by atoms with Gasteiger partial charge in [-0.25, -0.2) is 9.07 Å². The fourth-order valence-corrected chi connectivity index (χ4v) is 6.33. The first kappa shape index (κ1) is 21.9. The Hall–Kier alpha value is -2.56. The lowest BCUT2D eigenvalue weighted by atomic mass is 9.95. The zero-order valence-corrected chi connectivity index (χ0v) is 20.0. The first-order valence-electron chi connectivity index (χ1n) is 12.0. The monoisotopic (exact) mass is 485 g/mol. The van der Waals surface area contributed by atoms with E-state index in [1.54, 1.807) is 22.1 Å². The molecule has 6 rings (SSSR count). The summed E-state index contributed by atoms with van der Waals surface area (Å²) in [6, 6.07) is 6.39. The zero-order chi connectivity index (χ0) is 23.3. The number of nitrogens with zero attached hydrogens (tertiary/aromatic N) is 5. The number of piperidine rings is 2. The minimum Gasteiger partial charge on any atom is -0.347 e. The summed E-state index contributed by atoms with van der Waals surface area (Å²) in [4.78, 5) is 22.4. The molecular weight excluding hydrogens is 457 g/mol. The van der Waals surface area contributed by atoms with Gasteiger partial charge in [-0.2, -0.15) is 10.1 Å². The molecule has 3 aliphatic heterocycles. The smallest absolute Gasteiger partial charge is 0.227 e. The minimum absolute atomic E-state index is 0.0407. The van der Waals surface area contributed by atoms with Gasteiger partial charge in [-0.15, -0.1) is 0 Å². The molecule has 8 nitrogen and oxygen atoms in total. The third-order valence-electron chi connectivity index (χ3n) is 7.12. The number of rotatable bonds is 3. The molecular formula is C24H28FN5O3S. The number of carbonyl (C=O) groups excluding carboxylic acids is 1. The summed E-state index contributed by atoms with van der Waals surface area (Å²) in [6.07, 6.45) is 3.32. The highest BCUT2D eigenvalue weighted by Gasteiger charge is 2.42. The van der Waals surface area contributed by atoms with E-state index >= 15 is 0 Å². The number of carbonyl (C=O) groups is 1. The lowest BCUT2D eigenvalue weighted by Gasteiger charge is -2.40. The molecule has 2 aromatic heterocycles. The second kappa shape index (κ2) is 8.58. The Morgan fingerprint density at radius 2 is 2.00 bits per heavy atom. The van der Waals surface area contributed by atoms with E-state index < -0.39 is 5.79 Å². The Morgan fingerprint density at radius 1 is 1.21 bits per heavy atom. The molecule has 0 saturated carbocycles. The Kier molecular flexibility index (Phi) is 5.54. The maximum atomic E-state index is 13.8. The van der Waals surface area contributed by atoms with Crippen LogP contribution in [0.5, 0.6) is 0 Å². The van der Waals surface area contributed by atoms with Crippen LogP contribution in [0, 0.1) is 18.7 Å². The van der Waals surface area contributed by atoms with Crippen molar-refractivity contribution in [1.29, 1.82) is 0 Å². The van der Waals surface area contributed by atoms with Crippen molar-refractivity contribution in [2.24, 2.45) is 5.92 Å². The number of thiazole rings is 1.